The predicted octanol–water partition coefficient (Wildman–Crippen LogP) is 2.25. The molecule has 1 fully saturated rings. The van der Waals surface area contributed by atoms with Gasteiger partial charge in [-0.15, -0.1) is 0 Å². The van der Waals surface area contributed by atoms with Crippen molar-refractivity contribution < 1.29 is 9.52 Å². The Morgan fingerprint density at radius 2 is 2.24 bits per heavy atom. The van der Waals surface area contributed by atoms with Crippen LogP contribution in [0.3, 0.4) is 0 Å². The molecule has 1 aromatic heterocycles. The van der Waals surface area contributed by atoms with Crippen LogP contribution in [0.1, 0.15) is 12.0 Å². The van der Waals surface area contributed by atoms with Crippen molar-refractivity contribution in [3.63, 3.8) is 0 Å². The molecule has 17 heavy (non-hydrogen) atoms. The molecule has 1 aliphatic heterocycles. The maximum atomic E-state index is 9.14. The summed E-state index contributed by atoms with van der Waals surface area (Å²) in [5.74, 6) is 0.452. The summed E-state index contributed by atoms with van der Waals surface area (Å²) < 4.78 is 5.54. The van der Waals surface area contributed by atoms with E-state index in [2.05, 4.69) is 11.0 Å². The van der Waals surface area contributed by atoms with Crippen LogP contribution in [0.4, 0.5) is 0 Å². The lowest BCUT2D eigenvalue weighted by Gasteiger charge is -2.14. The second-order valence-electron chi connectivity index (χ2n) is 4.83. The Labute approximate surface area is 101 Å². The Hall–Kier alpha value is -1.32. The fraction of sp³-hybridized carbons (Fsp3) is 0.429. The number of furan rings is 1. The van der Waals surface area contributed by atoms with Crippen LogP contribution in [0, 0.1) is 5.92 Å². The van der Waals surface area contributed by atoms with Gasteiger partial charge < -0.3 is 9.52 Å². The van der Waals surface area contributed by atoms with Crippen LogP contribution in [0.15, 0.2) is 34.9 Å². The first-order valence-electron chi connectivity index (χ1n) is 6.15. The zero-order valence-electron chi connectivity index (χ0n) is 9.80. The smallest absolute Gasteiger partial charge is 0.134 e. The zero-order chi connectivity index (χ0) is 11.7. The van der Waals surface area contributed by atoms with E-state index in [1.165, 1.54) is 10.9 Å². The molecule has 3 rings (SSSR count). The van der Waals surface area contributed by atoms with Crippen LogP contribution < -0.4 is 0 Å². The van der Waals surface area contributed by atoms with Crippen LogP contribution in [-0.4, -0.2) is 29.7 Å². The van der Waals surface area contributed by atoms with Crippen molar-refractivity contribution in [3.05, 3.63) is 36.1 Å². The van der Waals surface area contributed by atoms with Gasteiger partial charge in [0, 0.05) is 30.6 Å². The minimum atomic E-state index is 0.308. The second-order valence-corrected chi connectivity index (χ2v) is 4.83. The van der Waals surface area contributed by atoms with E-state index in [4.69, 9.17) is 9.52 Å². The number of likely N-dealkylation sites (tertiary alicyclic amines) is 1. The van der Waals surface area contributed by atoms with Crippen LogP contribution in [-0.2, 0) is 6.54 Å². The lowest BCUT2D eigenvalue weighted by Crippen LogP contribution is -2.20. The summed E-state index contributed by atoms with van der Waals surface area (Å²) in [6.45, 7) is 3.30. The van der Waals surface area contributed by atoms with Crippen molar-refractivity contribution in [2.24, 2.45) is 5.92 Å². The first-order valence-corrected chi connectivity index (χ1v) is 6.15. The van der Waals surface area contributed by atoms with E-state index in [0.717, 1.165) is 31.6 Å². The molecule has 2 heterocycles. The molecule has 3 heteroatoms. The molecule has 1 atom stereocenters. The number of aliphatic hydroxyl groups excluding tert-OH is 1. The third-order valence-electron chi connectivity index (χ3n) is 3.58. The Balaban J connectivity index is 1.77. The molecule has 1 aliphatic rings. The third-order valence-corrected chi connectivity index (χ3v) is 3.58. The highest BCUT2D eigenvalue weighted by atomic mass is 16.3. The van der Waals surface area contributed by atoms with Crippen molar-refractivity contribution in [1.29, 1.82) is 0 Å². The molecule has 0 amide bonds. The molecule has 1 aromatic carbocycles. The molecule has 0 aliphatic carbocycles. The molecule has 0 radical (unpaired) electrons. The summed E-state index contributed by atoms with van der Waals surface area (Å²) in [6, 6.07) is 8.14. The Kier molecular flexibility index (Phi) is 2.87. The van der Waals surface area contributed by atoms with Crippen molar-refractivity contribution in [2.75, 3.05) is 19.7 Å². The van der Waals surface area contributed by atoms with E-state index < -0.39 is 0 Å². The van der Waals surface area contributed by atoms with Gasteiger partial charge in [0.05, 0.1) is 6.26 Å². The average molecular weight is 231 g/mol. The molecule has 90 valence electrons. The number of fused-ring (bicyclic) bond motifs is 1. The Morgan fingerprint density at radius 3 is 3.06 bits per heavy atom. The van der Waals surface area contributed by atoms with Gasteiger partial charge in [0.15, 0.2) is 0 Å². The maximum absolute atomic E-state index is 9.14. The minimum Gasteiger partial charge on any atom is -0.464 e. The number of nitrogens with zero attached hydrogens (tertiary/aromatic N) is 1. The number of rotatable bonds is 3. The van der Waals surface area contributed by atoms with Gasteiger partial charge in [-0.25, -0.2) is 0 Å². The van der Waals surface area contributed by atoms with E-state index in [9.17, 15) is 0 Å². The summed E-state index contributed by atoms with van der Waals surface area (Å²) in [5.41, 5.74) is 2.21. The number of para-hydroxylation sites is 1. The lowest BCUT2D eigenvalue weighted by atomic mass is 10.1. The average Bonchev–Trinajstić information content (AvgIpc) is 2.97. The van der Waals surface area contributed by atoms with Gasteiger partial charge in [-0.3, -0.25) is 4.90 Å². The summed E-state index contributed by atoms with van der Waals surface area (Å²) in [6.07, 6.45) is 2.96. The fourth-order valence-corrected chi connectivity index (χ4v) is 2.60. The number of benzene rings is 1. The molecular formula is C14H17NO2. The van der Waals surface area contributed by atoms with E-state index >= 15 is 0 Å². The lowest BCUT2D eigenvalue weighted by molar-refractivity contribution is 0.220. The van der Waals surface area contributed by atoms with Crippen LogP contribution in [0.25, 0.3) is 11.0 Å². The van der Waals surface area contributed by atoms with Gasteiger partial charge in [-0.1, -0.05) is 18.2 Å². The zero-order valence-corrected chi connectivity index (χ0v) is 9.80. The molecule has 1 unspecified atom stereocenters. The normalized spacial score (nSPS) is 21.4. The maximum Gasteiger partial charge on any atom is 0.134 e. The Morgan fingerprint density at radius 1 is 1.35 bits per heavy atom. The quantitative estimate of drug-likeness (QED) is 0.880. The number of hydrogen-bond acceptors (Lipinski definition) is 3. The highest BCUT2D eigenvalue weighted by molar-refractivity contribution is 5.80. The second kappa shape index (κ2) is 4.51. The van der Waals surface area contributed by atoms with Crippen molar-refractivity contribution in [2.45, 2.75) is 13.0 Å². The highest BCUT2D eigenvalue weighted by Gasteiger charge is 2.22. The fourth-order valence-electron chi connectivity index (χ4n) is 2.60. The summed E-state index contributed by atoms with van der Waals surface area (Å²) in [7, 11) is 0. The van der Waals surface area contributed by atoms with Gasteiger partial charge in [-0.05, 0) is 24.9 Å². The molecule has 0 spiro atoms. The van der Waals surface area contributed by atoms with Crippen LogP contribution in [0.5, 0.6) is 0 Å². The third kappa shape index (κ3) is 2.08. The molecule has 3 nitrogen and oxygen atoms in total. The largest absolute Gasteiger partial charge is 0.464 e. The van der Waals surface area contributed by atoms with E-state index in [-0.39, 0.29) is 0 Å². The van der Waals surface area contributed by atoms with Gasteiger partial charge in [0.2, 0.25) is 0 Å². The number of hydrogen-bond donors (Lipinski definition) is 1. The monoisotopic (exact) mass is 231 g/mol. The first kappa shape index (κ1) is 10.8. The molecule has 0 saturated carbocycles. The van der Waals surface area contributed by atoms with E-state index in [1.807, 2.05) is 24.5 Å². The number of aliphatic hydroxyl groups is 1. The summed E-state index contributed by atoms with van der Waals surface area (Å²) >= 11 is 0. The molecular weight excluding hydrogens is 214 g/mol. The summed E-state index contributed by atoms with van der Waals surface area (Å²) in [4.78, 5) is 2.39. The highest BCUT2D eigenvalue weighted by Crippen LogP contribution is 2.24. The Bertz CT molecular complexity index is 506. The van der Waals surface area contributed by atoms with Crippen molar-refractivity contribution in [1.82, 2.24) is 4.90 Å². The van der Waals surface area contributed by atoms with Gasteiger partial charge >= 0.3 is 0 Å². The predicted molar refractivity (Wildman–Crippen MR) is 66.7 cm³/mol. The van der Waals surface area contributed by atoms with Gasteiger partial charge in [-0.2, -0.15) is 0 Å². The molecule has 1 N–H and O–H groups in total. The molecule has 1 saturated heterocycles. The first-order chi connectivity index (χ1) is 8.36. The molecule has 2 aromatic rings. The topological polar surface area (TPSA) is 36.6 Å². The van der Waals surface area contributed by atoms with E-state index in [1.54, 1.807) is 0 Å². The van der Waals surface area contributed by atoms with E-state index in [0.29, 0.717) is 12.5 Å². The van der Waals surface area contributed by atoms with Crippen molar-refractivity contribution >= 4 is 11.0 Å². The van der Waals surface area contributed by atoms with Gasteiger partial charge in [0.1, 0.15) is 5.58 Å². The SMILES string of the molecule is OCC1CCN(Cc2coc3ccccc23)C1. The van der Waals surface area contributed by atoms with Crippen LogP contribution >= 0.6 is 0 Å². The van der Waals surface area contributed by atoms with Crippen molar-refractivity contribution in [3.8, 4) is 0 Å². The van der Waals surface area contributed by atoms with Gasteiger partial charge in [0.25, 0.3) is 0 Å². The standard InChI is InChI=1S/C14H17NO2/c16-9-11-5-6-15(7-11)8-12-10-17-14-4-2-1-3-13(12)14/h1-4,10-11,16H,5-9H2. The molecule has 0 bridgehead atoms. The van der Waals surface area contributed by atoms with Crippen LogP contribution in [0.2, 0.25) is 0 Å². The summed E-state index contributed by atoms with van der Waals surface area (Å²) in [5, 5.41) is 10.3. The minimum absolute atomic E-state index is 0.308.